The molecule has 0 aromatic heterocycles. The maximum absolute atomic E-state index is 12.4. The van der Waals surface area contributed by atoms with Gasteiger partial charge in [0, 0.05) is 18.6 Å². The lowest BCUT2D eigenvalue weighted by molar-refractivity contribution is 0.578. The molecule has 5 heteroatoms. The van der Waals surface area contributed by atoms with Crippen LogP contribution in [-0.2, 0) is 23.0 Å². The highest BCUT2D eigenvalue weighted by Crippen LogP contribution is 2.31. The molecule has 0 spiro atoms. The molecule has 21 heavy (non-hydrogen) atoms. The van der Waals surface area contributed by atoms with Gasteiger partial charge in [0.15, 0.2) is 0 Å². The fourth-order valence-electron chi connectivity index (χ4n) is 2.57. The summed E-state index contributed by atoms with van der Waals surface area (Å²) in [6.07, 6.45) is 4.35. The van der Waals surface area contributed by atoms with Crippen LogP contribution < -0.4 is 10.0 Å². The Morgan fingerprint density at radius 3 is 2.52 bits per heavy atom. The molecule has 2 fully saturated rings. The molecule has 0 aliphatic heterocycles. The van der Waals surface area contributed by atoms with Gasteiger partial charge in [0.05, 0.1) is 4.90 Å². The van der Waals surface area contributed by atoms with E-state index in [-0.39, 0.29) is 6.04 Å². The van der Waals surface area contributed by atoms with Gasteiger partial charge in [-0.3, -0.25) is 0 Å². The summed E-state index contributed by atoms with van der Waals surface area (Å²) >= 11 is 0. The molecule has 2 aliphatic carbocycles. The normalized spacial score (nSPS) is 25.0. The van der Waals surface area contributed by atoms with Crippen molar-refractivity contribution < 1.29 is 8.42 Å². The zero-order valence-corrected chi connectivity index (χ0v) is 13.5. The number of sulfonamides is 1. The van der Waals surface area contributed by atoms with E-state index in [4.69, 9.17) is 0 Å². The van der Waals surface area contributed by atoms with Crippen LogP contribution in [0, 0.1) is 5.92 Å². The quantitative estimate of drug-likeness (QED) is 0.812. The molecular weight excluding hydrogens is 284 g/mol. The van der Waals surface area contributed by atoms with Gasteiger partial charge in [-0.2, -0.15) is 0 Å². The van der Waals surface area contributed by atoms with Crippen molar-refractivity contribution in [2.75, 3.05) is 0 Å². The fraction of sp³-hybridized carbons (Fsp3) is 0.625. The smallest absolute Gasteiger partial charge is 0.240 e. The second kappa shape index (κ2) is 5.71. The molecule has 0 saturated heterocycles. The van der Waals surface area contributed by atoms with E-state index in [1.807, 2.05) is 12.1 Å². The van der Waals surface area contributed by atoms with E-state index in [0.717, 1.165) is 24.9 Å². The van der Waals surface area contributed by atoms with Gasteiger partial charge in [-0.1, -0.05) is 19.9 Å². The first-order chi connectivity index (χ1) is 9.99. The zero-order valence-electron chi connectivity index (χ0n) is 12.7. The van der Waals surface area contributed by atoms with E-state index < -0.39 is 10.0 Å². The third-order valence-corrected chi connectivity index (χ3v) is 5.93. The van der Waals surface area contributed by atoms with Crippen molar-refractivity contribution in [3.63, 3.8) is 0 Å². The number of aryl methyl sites for hydroxylation is 1. The molecule has 1 aromatic carbocycles. The molecule has 1 aromatic rings. The first-order valence-corrected chi connectivity index (χ1v) is 9.35. The van der Waals surface area contributed by atoms with E-state index in [2.05, 4.69) is 23.9 Å². The van der Waals surface area contributed by atoms with Crippen LogP contribution in [0.5, 0.6) is 0 Å². The first-order valence-electron chi connectivity index (χ1n) is 7.87. The van der Waals surface area contributed by atoms with Gasteiger partial charge in [-0.25, -0.2) is 13.1 Å². The van der Waals surface area contributed by atoms with E-state index in [0.29, 0.717) is 16.9 Å². The molecule has 0 bridgehead atoms. The van der Waals surface area contributed by atoms with Gasteiger partial charge in [-0.05, 0) is 54.9 Å². The predicted molar refractivity (Wildman–Crippen MR) is 83.6 cm³/mol. The summed E-state index contributed by atoms with van der Waals surface area (Å²) in [5, 5.41) is 3.47. The molecule has 2 unspecified atom stereocenters. The van der Waals surface area contributed by atoms with Crippen LogP contribution >= 0.6 is 0 Å². The molecule has 2 atom stereocenters. The summed E-state index contributed by atoms with van der Waals surface area (Å²) in [6, 6.07) is 6.27. The lowest BCUT2D eigenvalue weighted by atomic mass is 10.1. The highest BCUT2D eigenvalue weighted by molar-refractivity contribution is 7.89. The number of benzene rings is 1. The Labute approximate surface area is 127 Å². The molecular formula is C16H24N2O2S. The summed E-state index contributed by atoms with van der Waals surface area (Å²) in [5.74, 6) is 0.464. The predicted octanol–water partition coefficient (Wildman–Crippen LogP) is 2.19. The minimum atomic E-state index is -3.38. The Balaban J connectivity index is 1.79. The highest BCUT2D eigenvalue weighted by Gasteiger charge is 2.36. The molecule has 2 aliphatic rings. The Morgan fingerprint density at radius 2 is 1.95 bits per heavy atom. The number of hydrogen-bond donors (Lipinski definition) is 2. The van der Waals surface area contributed by atoms with Crippen molar-refractivity contribution in [1.82, 2.24) is 10.0 Å². The summed E-state index contributed by atoms with van der Waals surface area (Å²) < 4.78 is 27.6. The zero-order chi connectivity index (χ0) is 15.0. The summed E-state index contributed by atoms with van der Waals surface area (Å²) in [4.78, 5) is 0.395. The minimum absolute atomic E-state index is 0.119. The van der Waals surface area contributed by atoms with Gasteiger partial charge in [0.1, 0.15) is 0 Å². The second-order valence-electron chi connectivity index (χ2n) is 6.38. The minimum Gasteiger partial charge on any atom is -0.310 e. The van der Waals surface area contributed by atoms with Gasteiger partial charge < -0.3 is 5.32 Å². The molecule has 116 valence electrons. The van der Waals surface area contributed by atoms with Gasteiger partial charge in [-0.15, -0.1) is 0 Å². The van der Waals surface area contributed by atoms with Crippen LogP contribution in [0.15, 0.2) is 23.1 Å². The fourth-order valence-corrected chi connectivity index (χ4v) is 3.98. The van der Waals surface area contributed by atoms with Crippen molar-refractivity contribution in [3.05, 3.63) is 29.3 Å². The maximum Gasteiger partial charge on any atom is 0.240 e. The molecule has 3 rings (SSSR count). The molecule has 4 nitrogen and oxygen atoms in total. The van der Waals surface area contributed by atoms with Crippen molar-refractivity contribution in [2.45, 2.75) is 63.1 Å². The van der Waals surface area contributed by atoms with Crippen molar-refractivity contribution >= 4 is 10.0 Å². The first kappa shape index (κ1) is 15.0. The summed E-state index contributed by atoms with van der Waals surface area (Å²) in [6.45, 7) is 4.93. The van der Waals surface area contributed by atoms with Gasteiger partial charge in [0.25, 0.3) is 0 Å². The molecule has 2 saturated carbocycles. The molecule has 0 radical (unpaired) electrons. The van der Waals surface area contributed by atoms with Crippen LogP contribution in [0.2, 0.25) is 0 Å². The third-order valence-electron chi connectivity index (χ3n) is 4.44. The van der Waals surface area contributed by atoms with Crippen molar-refractivity contribution in [1.29, 1.82) is 0 Å². The van der Waals surface area contributed by atoms with Crippen LogP contribution in [0.4, 0.5) is 0 Å². The Morgan fingerprint density at radius 1 is 1.24 bits per heavy atom. The lowest BCUT2D eigenvalue weighted by Crippen LogP contribution is -2.27. The van der Waals surface area contributed by atoms with Crippen LogP contribution in [0.25, 0.3) is 0 Å². The van der Waals surface area contributed by atoms with Crippen LogP contribution in [-0.4, -0.2) is 20.5 Å². The standard InChI is InChI=1S/C16H24N2O2S/c1-3-12-4-7-15(9-13(12)10-17-14-5-6-14)21(19,20)18-16-8-11(16)2/h4,7,9,11,14,16-18H,3,5-6,8,10H2,1-2H3. The van der Waals surface area contributed by atoms with Gasteiger partial charge >= 0.3 is 0 Å². The average molecular weight is 308 g/mol. The molecule has 0 heterocycles. The summed E-state index contributed by atoms with van der Waals surface area (Å²) in [5.41, 5.74) is 2.33. The van der Waals surface area contributed by atoms with Crippen molar-refractivity contribution in [3.8, 4) is 0 Å². The molecule has 2 N–H and O–H groups in total. The van der Waals surface area contributed by atoms with Gasteiger partial charge in [0.2, 0.25) is 10.0 Å². The number of nitrogens with one attached hydrogen (secondary N) is 2. The largest absolute Gasteiger partial charge is 0.310 e. The lowest BCUT2D eigenvalue weighted by Gasteiger charge is -2.12. The Bertz CT molecular complexity index is 623. The molecule has 0 amide bonds. The highest BCUT2D eigenvalue weighted by atomic mass is 32.2. The van der Waals surface area contributed by atoms with E-state index in [1.165, 1.54) is 18.4 Å². The third kappa shape index (κ3) is 3.65. The average Bonchev–Trinajstić information content (AvgIpc) is 3.36. The summed E-state index contributed by atoms with van der Waals surface area (Å²) in [7, 11) is -3.38. The number of rotatable bonds is 7. The number of hydrogen-bond acceptors (Lipinski definition) is 3. The maximum atomic E-state index is 12.4. The monoisotopic (exact) mass is 308 g/mol. The van der Waals surface area contributed by atoms with Crippen LogP contribution in [0.1, 0.15) is 44.2 Å². The Hall–Kier alpha value is -0.910. The van der Waals surface area contributed by atoms with E-state index in [1.54, 1.807) is 6.07 Å². The van der Waals surface area contributed by atoms with Crippen LogP contribution in [0.3, 0.4) is 0 Å². The van der Waals surface area contributed by atoms with E-state index in [9.17, 15) is 8.42 Å². The topological polar surface area (TPSA) is 58.2 Å². The van der Waals surface area contributed by atoms with E-state index >= 15 is 0 Å². The second-order valence-corrected chi connectivity index (χ2v) is 8.09. The SMILES string of the molecule is CCc1ccc(S(=O)(=O)NC2CC2C)cc1CNC1CC1. The Kier molecular flexibility index (Phi) is 4.08. The van der Waals surface area contributed by atoms with Crippen molar-refractivity contribution in [2.24, 2.45) is 5.92 Å².